The number of benzene rings is 3. The molecule has 0 saturated carbocycles. The quantitative estimate of drug-likeness (QED) is 0.207. The first-order chi connectivity index (χ1) is 20.3. The van der Waals surface area contributed by atoms with E-state index >= 15 is 0 Å². The maximum absolute atomic E-state index is 14.1. The first kappa shape index (κ1) is 28.2. The molecule has 3 heterocycles. The van der Waals surface area contributed by atoms with Crippen LogP contribution in [-0.2, 0) is 16.1 Å². The molecule has 1 aliphatic rings. The summed E-state index contributed by atoms with van der Waals surface area (Å²) in [6, 6.07) is 22.7. The molecular formula is C33H27Cl2N3O3S. The van der Waals surface area contributed by atoms with Crippen molar-refractivity contribution in [3.05, 3.63) is 136 Å². The molecule has 3 aromatic carbocycles. The van der Waals surface area contributed by atoms with Crippen molar-refractivity contribution < 1.29 is 9.53 Å². The summed E-state index contributed by atoms with van der Waals surface area (Å²) in [6.45, 7) is 4.59. The van der Waals surface area contributed by atoms with Gasteiger partial charge in [0, 0.05) is 28.7 Å². The molecule has 42 heavy (non-hydrogen) atoms. The zero-order chi connectivity index (χ0) is 29.5. The second-order valence-electron chi connectivity index (χ2n) is 10.0. The maximum Gasteiger partial charge on any atom is 0.338 e. The third-order valence-electron chi connectivity index (χ3n) is 7.65. The lowest BCUT2D eigenvalue weighted by Crippen LogP contribution is -2.40. The van der Waals surface area contributed by atoms with E-state index in [1.54, 1.807) is 10.6 Å². The minimum absolute atomic E-state index is 0.204. The van der Waals surface area contributed by atoms with Crippen LogP contribution >= 0.6 is 34.5 Å². The van der Waals surface area contributed by atoms with Crippen molar-refractivity contribution in [3.8, 4) is 0 Å². The van der Waals surface area contributed by atoms with E-state index in [-0.39, 0.29) is 5.56 Å². The van der Waals surface area contributed by atoms with Gasteiger partial charge in [0.15, 0.2) is 4.80 Å². The Hall–Kier alpha value is -3.91. The minimum Gasteiger partial charge on any atom is -0.466 e. The molecule has 2 aromatic heterocycles. The Bertz CT molecular complexity index is 2070. The summed E-state index contributed by atoms with van der Waals surface area (Å²) in [7, 11) is 1.35. The Balaban J connectivity index is 1.56. The van der Waals surface area contributed by atoms with E-state index in [0.717, 1.165) is 33.3 Å². The van der Waals surface area contributed by atoms with Crippen LogP contribution in [0.4, 0.5) is 0 Å². The first-order valence-electron chi connectivity index (χ1n) is 13.5. The van der Waals surface area contributed by atoms with Gasteiger partial charge in [0.1, 0.15) is 0 Å². The number of methoxy groups -OCH3 is 1. The zero-order valence-corrected chi connectivity index (χ0v) is 25.6. The molecule has 1 aliphatic heterocycles. The molecular weight excluding hydrogens is 589 g/mol. The van der Waals surface area contributed by atoms with Crippen LogP contribution in [0.5, 0.6) is 0 Å². The van der Waals surface area contributed by atoms with Gasteiger partial charge in [-0.05, 0) is 48.7 Å². The fourth-order valence-corrected chi connectivity index (χ4v) is 6.93. The second-order valence-corrected chi connectivity index (χ2v) is 11.9. The molecule has 6 rings (SSSR count). The Kier molecular flexibility index (Phi) is 7.66. The van der Waals surface area contributed by atoms with Crippen LogP contribution in [0.25, 0.3) is 17.0 Å². The summed E-state index contributed by atoms with van der Waals surface area (Å²) >= 11 is 13.8. The highest BCUT2D eigenvalue weighted by molar-refractivity contribution is 7.07. The Morgan fingerprint density at radius 2 is 1.79 bits per heavy atom. The van der Waals surface area contributed by atoms with Gasteiger partial charge in [-0.1, -0.05) is 96.1 Å². The summed E-state index contributed by atoms with van der Waals surface area (Å²) in [6.07, 6.45) is 2.47. The topological polar surface area (TPSA) is 65.6 Å². The third-order valence-corrected chi connectivity index (χ3v) is 9.37. The van der Waals surface area contributed by atoms with Crippen LogP contribution in [0.2, 0.25) is 10.0 Å². The number of carbonyl (C=O) groups is 1. The summed E-state index contributed by atoms with van der Waals surface area (Å²) in [4.78, 5) is 32.5. The Morgan fingerprint density at radius 3 is 2.50 bits per heavy atom. The lowest BCUT2D eigenvalue weighted by atomic mass is 9.95. The predicted octanol–water partition coefficient (Wildman–Crippen LogP) is 6.42. The monoisotopic (exact) mass is 615 g/mol. The summed E-state index contributed by atoms with van der Waals surface area (Å²) in [5, 5.41) is 2.06. The van der Waals surface area contributed by atoms with E-state index in [1.807, 2.05) is 67.6 Å². The summed E-state index contributed by atoms with van der Waals surface area (Å²) in [5.74, 6) is -0.486. The number of hydrogen-bond donors (Lipinski definition) is 0. The van der Waals surface area contributed by atoms with E-state index in [9.17, 15) is 9.59 Å². The van der Waals surface area contributed by atoms with Crippen molar-refractivity contribution in [1.82, 2.24) is 9.13 Å². The van der Waals surface area contributed by atoms with Gasteiger partial charge in [-0.15, -0.1) is 0 Å². The highest BCUT2D eigenvalue weighted by atomic mass is 35.5. The highest BCUT2D eigenvalue weighted by Crippen LogP contribution is 2.32. The smallest absolute Gasteiger partial charge is 0.338 e. The van der Waals surface area contributed by atoms with E-state index < -0.39 is 12.0 Å². The number of fused-ring (bicyclic) bond motifs is 2. The molecule has 0 radical (unpaired) electrons. The third kappa shape index (κ3) is 4.81. The van der Waals surface area contributed by atoms with Gasteiger partial charge in [0.05, 0.1) is 39.0 Å². The van der Waals surface area contributed by atoms with Gasteiger partial charge in [-0.2, -0.15) is 0 Å². The van der Waals surface area contributed by atoms with Crippen LogP contribution in [0.15, 0.2) is 93.9 Å². The molecule has 0 aliphatic carbocycles. The lowest BCUT2D eigenvalue weighted by molar-refractivity contribution is -0.136. The SMILES string of the molecule is CCC1=C(C(=O)OC)[C@@H](c2ccccc2)n2c(s/c(=C/c3c(C)n(Cc4ccc(Cl)c(Cl)c4)c4ccccc34)c2=O)=N1. The normalized spacial score (nSPS) is 15.2. The number of ether oxygens (including phenoxy) is 1. The number of para-hydroxylation sites is 1. The zero-order valence-electron chi connectivity index (χ0n) is 23.2. The van der Waals surface area contributed by atoms with Crippen LogP contribution in [0.1, 0.15) is 41.8 Å². The number of halogens is 2. The first-order valence-corrected chi connectivity index (χ1v) is 15.1. The number of allylic oxidation sites excluding steroid dienone is 1. The Morgan fingerprint density at radius 1 is 1.05 bits per heavy atom. The summed E-state index contributed by atoms with van der Waals surface area (Å²) < 4.78 is 9.55. The van der Waals surface area contributed by atoms with E-state index in [0.29, 0.717) is 43.6 Å². The average Bonchev–Trinajstić information content (AvgIpc) is 3.46. The molecule has 0 saturated heterocycles. The molecule has 0 N–H and O–H groups in total. The molecule has 0 unspecified atom stereocenters. The molecule has 212 valence electrons. The van der Waals surface area contributed by atoms with Gasteiger partial charge in [0.25, 0.3) is 5.56 Å². The standard InChI is InChI=1S/C33H27Cl2N3O3S/c1-4-26-29(32(40)41-3)30(21-10-6-5-7-11-21)38-31(39)28(42-33(38)36-26)17-23-19(2)37(27-13-9-8-12-22(23)27)18-20-14-15-24(34)25(35)16-20/h5-17,30H,4,18H2,1-3H3/b28-17+/t30-/m1/s1. The van der Waals surface area contributed by atoms with Crippen molar-refractivity contribution in [2.24, 2.45) is 4.99 Å². The van der Waals surface area contributed by atoms with Crippen LogP contribution in [0.3, 0.4) is 0 Å². The van der Waals surface area contributed by atoms with Crippen LogP contribution in [-0.4, -0.2) is 22.2 Å². The molecule has 0 amide bonds. The maximum atomic E-state index is 14.1. The number of thiazole rings is 1. The van der Waals surface area contributed by atoms with Crippen molar-refractivity contribution in [2.75, 3.05) is 7.11 Å². The van der Waals surface area contributed by atoms with Crippen molar-refractivity contribution in [1.29, 1.82) is 0 Å². The fourth-order valence-electron chi connectivity index (χ4n) is 5.61. The average molecular weight is 617 g/mol. The van der Waals surface area contributed by atoms with E-state index in [4.69, 9.17) is 32.9 Å². The fraction of sp³-hybridized carbons (Fsp3) is 0.182. The largest absolute Gasteiger partial charge is 0.466 e. The molecule has 6 nitrogen and oxygen atoms in total. The Labute approximate surface area is 256 Å². The van der Waals surface area contributed by atoms with Gasteiger partial charge < -0.3 is 9.30 Å². The second kappa shape index (κ2) is 11.4. The minimum atomic E-state index is -0.635. The molecule has 9 heteroatoms. The van der Waals surface area contributed by atoms with Gasteiger partial charge in [-0.3, -0.25) is 9.36 Å². The predicted molar refractivity (Wildman–Crippen MR) is 169 cm³/mol. The number of aromatic nitrogens is 2. The molecule has 0 bridgehead atoms. The number of rotatable bonds is 6. The van der Waals surface area contributed by atoms with Crippen molar-refractivity contribution >= 4 is 57.5 Å². The van der Waals surface area contributed by atoms with Gasteiger partial charge in [-0.25, -0.2) is 9.79 Å². The number of hydrogen-bond acceptors (Lipinski definition) is 5. The van der Waals surface area contributed by atoms with Crippen molar-refractivity contribution in [3.63, 3.8) is 0 Å². The van der Waals surface area contributed by atoms with Crippen LogP contribution < -0.4 is 14.9 Å². The molecule has 0 fully saturated rings. The van der Waals surface area contributed by atoms with Gasteiger partial charge >= 0.3 is 5.97 Å². The lowest BCUT2D eigenvalue weighted by Gasteiger charge is -2.25. The molecule has 0 spiro atoms. The highest BCUT2D eigenvalue weighted by Gasteiger charge is 2.33. The van der Waals surface area contributed by atoms with Gasteiger partial charge in [0.2, 0.25) is 0 Å². The van der Waals surface area contributed by atoms with E-state index in [2.05, 4.69) is 23.6 Å². The number of esters is 1. The number of carbonyl (C=O) groups excluding carboxylic acids is 1. The van der Waals surface area contributed by atoms with E-state index in [1.165, 1.54) is 18.4 Å². The van der Waals surface area contributed by atoms with Crippen molar-refractivity contribution in [2.45, 2.75) is 32.9 Å². The van der Waals surface area contributed by atoms with Crippen LogP contribution in [0, 0.1) is 6.92 Å². The summed E-state index contributed by atoms with van der Waals surface area (Å²) in [5.41, 5.74) is 5.66. The molecule has 5 aromatic rings. The molecule has 1 atom stereocenters. The number of nitrogens with zero attached hydrogens (tertiary/aromatic N) is 3.